The van der Waals surface area contributed by atoms with Gasteiger partial charge in [0, 0.05) is 25.9 Å². The first-order valence-electron chi connectivity index (χ1n) is 8.40. The summed E-state index contributed by atoms with van der Waals surface area (Å²) in [6.07, 6.45) is 7.45. The van der Waals surface area contributed by atoms with Gasteiger partial charge in [-0.1, -0.05) is 12.1 Å². The van der Waals surface area contributed by atoms with E-state index in [0.717, 1.165) is 24.3 Å². The number of nitrogens with zero attached hydrogens (tertiary/aromatic N) is 4. The van der Waals surface area contributed by atoms with Gasteiger partial charge in [-0.2, -0.15) is 0 Å². The van der Waals surface area contributed by atoms with E-state index in [-0.39, 0.29) is 17.7 Å². The van der Waals surface area contributed by atoms with Gasteiger partial charge in [0.25, 0.3) is 10.0 Å². The summed E-state index contributed by atoms with van der Waals surface area (Å²) in [5, 5.41) is 7.25. The molecule has 25 heavy (non-hydrogen) atoms. The minimum Gasteiger partial charge on any atom is -0.474 e. The Labute approximate surface area is 147 Å². The van der Waals surface area contributed by atoms with Crippen LogP contribution in [0.4, 0.5) is 0 Å². The first-order chi connectivity index (χ1) is 11.9. The zero-order valence-electron chi connectivity index (χ0n) is 14.4. The van der Waals surface area contributed by atoms with Crippen molar-refractivity contribution in [3.05, 3.63) is 30.1 Å². The third kappa shape index (κ3) is 4.55. The largest absolute Gasteiger partial charge is 0.474 e. The fourth-order valence-corrected chi connectivity index (χ4v) is 3.99. The Kier molecular flexibility index (Phi) is 5.33. The van der Waals surface area contributed by atoms with Gasteiger partial charge < -0.3 is 4.74 Å². The summed E-state index contributed by atoms with van der Waals surface area (Å²) in [6.45, 7) is 2.41. The van der Waals surface area contributed by atoms with E-state index in [4.69, 9.17) is 4.74 Å². The fraction of sp³-hybridized carbons (Fsp3) is 0.562. The third-order valence-electron chi connectivity index (χ3n) is 4.46. The lowest BCUT2D eigenvalue weighted by atomic mass is 9.89. The van der Waals surface area contributed by atoms with Crippen molar-refractivity contribution >= 4 is 10.0 Å². The molecule has 1 aliphatic rings. The molecule has 1 aliphatic carbocycles. The normalized spacial score (nSPS) is 21.2. The molecule has 0 amide bonds. The number of hydrogen-bond acceptors (Lipinski definition) is 6. The van der Waals surface area contributed by atoms with Crippen LogP contribution in [-0.2, 0) is 23.6 Å². The van der Waals surface area contributed by atoms with Gasteiger partial charge in [-0.05, 0) is 43.2 Å². The SMILES string of the molecule is CC1CCC(Oc2cc(CNS(=O)(=O)c3cnnn3C)ccn2)CC1. The molecule has 2 heterocycles. The van der Waals surface area contributed by atoms with Crippen LogP contribution in [0, 0.1) is 5.92 Å². The maximum Gasteiger partial charge on any atom is 0.259 e. The molecule has 0 atom stereocenters. The second-order valence-electron chi connectivity index (χ2n) is 6.52. The molecule has 0 aromatic carbocycles. The lowest BCUT2D eigenvalue weighted by Crippen LogP contribution is -2.25. The van der Waals surface area contributed by atoms with E-state index >= 15 is 0 Å². The Bertz CT molecular complexity index is 813. The molecule has 3 rings (SSSR count). The highest BCUT2D eigenvalue weighted by Gasteiger charge is 2.21. The number of aryl methyl sites for hydroxylation is 1. The summed E-state index contributed by atoms with van der Waals surface area (Å²) in [4.78, 5) is 4.24. The van der Waals surface area contributed by atoms with Crippen LogP contribution in [0.15, 0.2) is 29.6 Å². The molecule has 136 valence electrons. The van der Waals surface area contributed by atoms with Crippen molar-refractivity contribution < 1.29 is 13.2 Å². The van der Waals surface area contributed by atoms with Gasteiger partial charge in [-0.15, -0.1) is 5.10 Å². The van der Waals surface area contributed by atoms with Crippen LogP contribution in [0.3, 0.4) is 0 Å². The number of pyridine rings is 1. The minimum atomic E-state index is -3.67. The number of nitrogens with one attached hydrogen (secondary N) is 1. The van der Waals surface area contributed by atoms with Crippen LogP contribution in [0.1, 0.15) is 38.2 Å². The molecule has 0 radical (unpaired) electrons. The van der Waals surface area contributed by atoms with E-state index in [1.807, 2.05) is 0 Å². The van der Waals surface area contributed by atoms with E-state index in [9.17, 15) is 8.42 Å². The number of aromatic nitrogens is 4. The van der Waals surface area contributed by atoms with Gasteiger partial charge in [0.05, 0.1) is 6.20 Å². The van der Waals surface area contributed by atoms with Crippen molar-refractivity contribution in [2.45, 2.75) is 50.3 Å². The molecule has 2 aromatic rings. The van der Waals surface area contributed by atoms with Crippen molar-refractivity contribution in [3.8, 4) is 5.88 Å². The quantitative estimate of drug-likeness (QED) is 0.836. The highest BCUT2D eigenvalue weighted by molar-refractivity contribution is 7.89. The molecule has 0 unspecified atom stereocenters. The Morgan fingerprint density at radius 2 is 2.08 bits per heavy atom. The molecule has 1 N–H and O–H groups in total. The summed E-state index contributed by atoms with van der Waals surface area (Å²) >= 11 is 0. The Hall–Kier alpha value is -2.00. The Morgan fingerprint density at radius 1 is 1.32 bits per heavy atom. The number of hydrogen-bond donors (Lipinski definition) is 1. The van der Waals surface area contributed by atoms with Gasteiger partial charge >= 0.3 is 0 Å². The van der Waals surface area contributed by atoms with Crippen molar-refractivity contribution in [2.75, 3.05) is 0 Å². The fourth-order valence-electron chi connectivity index (χ4n) is 2.92. The molecule has 0 aliphatic heterocycles. The monoisotopic (exact) mass is 365 g/mol. The standard InChI is InChI=1S/C16H23N5O3S/c1-12-3-5-14(6-4-12)24-15-9-13(7-8-17-15)10-19-25(22,23)16-11-18-20-21(16)2/h7-9,11-12,14,19H,3-6,10H2,1-2H3. The number of ether oxygens (including phenoxy) is 1. The summed E-state index contributed by atoms with van der Waals surface area (Å²) in [5.41, 5.74) is 0.785. The Balaban J connectivity index is 1.61. The first-order valence-corrected chi connectivity index (χ1v) is 9.88. The van der Waals surface area contributed by atoms with Crippen LogP contribution >= 0.6 is 0 Å². The molecular weight excluding hydrogens is 342 g/mol. The average molecular weight is 365 g/mol. The number of sulfonamides is 1. The molecule has 0 spiro atoms. The summed E-state index contributed by atoms with van der Waals surface area (Å²) in [5.74, 6) is 1.30. The average Bonchev–Trinajstić information content (AvgIpc) is 3.03. The summed E-state index contributed by atoms with van der Waals surface area (Å²) < 4.78 is 34.2. The first kappa shape index (κ1) is 17.8. The molecule has 9 heteroatoms. The minimum absolute atomic E-state index is 0.0226. The van der Waals surface area contributed by atoms with Gasteiger partial charge in [0.1, 0.15) is 6.10 Å². The lowest BCUT2D eigenvalue weighted by Gasteiger charge is -2.26. The zero-order valence-corrected chi connectivity index (χ0v) is 15.2. The number of rotatable bonds is 6. The van der Waals surface area contributed by atoms with Gasteiger partial charge in [0.2, 0.25) is 5.88 Å². The van der Waals surface area contributed by atoms with Crippen molar-refractivity contribution in [1.82, 2.24) is 24.7 Å². The smallest absolute Gasteiger partial charge is 0.259 e. The van der Waals surface area contributed by atoms with Crippen LogP contribution in [-0.4, -0.2) is 34.5 Å². The van der Waals surface area contributed by atoms with Gasteiger partial charge in [-0.3, -0.25) is 0 Å². The molecule has 0 saturated heterocycles. The van der Waals surface area contributed by atoms with Gasteiger partial charge in [-0.25, -0.2) is 22.8 Å². The van der Waals surface area contributed by atoms with Crippen molar-refractivity contribution in [3.63, 3.8) is 0 Å². The molecule has 2 aromatic heterocycles. The van der Waals surface area contributed by atoms with Crippen LogP contribution in [0.5, 0.6) is 5.88 Å². The van der Waals surface area contributed by atoms with E-state index in [2.05, 4.69) is 26.9 Å². The van der Waals surface area contributed by atoms with Crippen LogP contribution in [0.2, 0.25) is 0 Å². The highest BCUT2D eigenvalue weighted by atomic mass is 32.2. The van der Waals surface area contributed by atoms with E-state index in [1.165, 1.54) is 30.8 Å². The second kappa shape index (κ2) is 7.49. The van der Waals surface area contributed by atoms with Crippen molar-refractivity contribution in [1.29, 1.82) is 0 Å². The van der Waals surface area contributed by atoms with E-state index < -0.39 is 10.0 Å². The third-order valence-corrected chi connectivity index (χ3v) is 5.91. The van der Waals surface area contributed by atoms with E-state index in [1.54, 1.807) is 18.3 Å². The zero-order chi connectivity index (χ0) is 17.9. The van der Waals surface area contributed by atoms with Crippen molar-refractivity contribution in [2.24, 2.45) is 13.0 Å². The molecule has 8 nitrogen and oxygen atoms in total. The maximum atomic E-state index is 12.3. The molecule has 1 fully saturated rings. The molecule has 1 saturated carbocycles. The molecule has 0 bridgehead atoms. The predicted octanol–water partition coefficient (Wildman–Crippen LogP) is 1.65. The van der Waals surface area contributed by atoms with Crippen LogP contribution in [0.25, 0.3) is 0 Å². The lowest BCUT2D eigenvalue weighted by molar-refractivity contribution is 0.130. The topological polar surface area (TPSA) is 99.0 Å². The van der Waals surface area contributed by atoms with Crippen LogP contribution < -0.4 is 9.46 Å². The maximum absolute atomic E-state index is 12.3. The highest BCUT2D eigenvalue weighted by Crippen LogP contribution is 2.26. The second-order valence-corrected chi connectivity index (χ2v) is 8.24. The summed E-state index contributed by atoms with van der Waals surface area (Å²) in [6, 6.07) is 3.54. The predicted molar refractivity (Wildman–Crippen MR) is 91.3 cm³/mol. The molecular formula is C16H23N5O3S. The Morgan fingerprint density at radius 3 is 2.76 bits per heavy atom. The summed E-state index contributed by atoms with van der Waals surface area (Å²) in [7, 11) is -2.13. The van der Waals surface area contributed by atoms with Gasteiger partial charge in [0.15, 0.2) is 5.03 Å². The van der Waals surface area contributed by atoms with E-state index in [0.29, 0.717) is 5.88 Å².